The summed E-state index contributed by atoms with van der Waals surface area (Å²) in [4.78, 5) is 51.2. The second-order valence-electron chi connectivity index (χ2n) is 11.8. The molecule has 0 amide bonds. The number of aromatic amines is 1. The number of imidazole rings is 1. The van der Waals surface area contributed by atoms with E-state index in [1.807, 2.05) is 6.92 Å². The fourth-order valence-electron chi connectivity index (χ4n) is 6.33. The van der Waals surface area contributed by atoms with Gasteiger partial charge in [-0.05, 0) is 31.1 Å². The first kappa shape index (κ1) is 36.2. The number of H-pyrrole nitrogens is 1. The van der Waals surface area contributed by atoms with Crippen LogP contribution in [0, 0.1) is 5.92 Å². The Balaban J connectivity index is 1.13. The van der Waals surface area contributed by atoms with E-state index in [1.54, 1.807) is 17.9 Å². The molecule has 0 saturated carbocycles. The molecule has 24 heteroatoms. The zero-order chi connectivity index (χ0) is 35.1. The Kier molecular flexibility index (Phi) is 10.5. The third kappa shape index (κ3) is 7.68. The number of ether oxygens (including phenoxy) is 2. The van der Waals surface area contributed by atoms with E-state index in [-0.39, 0.29) is 42.2 Å². The zero-order valence-corrected chi connectivity index (χ0v) is 29.8. The minimum absolute atomic E-state index is 0.0246. The number of anilines is 2. The first-order valence-electron chi connectivity index (χ1n) is 15.3. The van der Waals surface area contributed by atoms with Crippen LogP contribution in [-0.2, 0) is 34.9 Å². The van der Waals surface area contributed by atoms with Gasteiger partial charge in [-0.2, -0.15) is 9.67 Å². The Morgan fingerprint density at radius 1 is 1.22 bits per heavy atom. The summed E-state index contributed by atoms with van der Waals surface area (Å²) in [5, 5.41) is 10.7. The van der Waals surface area contributed by atoms with Crippen molar-refractivity contribution >= 4 is 71.4 Å². The van der Waals surface area contributed by atoms with Gasteiger partial charge >= 0.3 is 6.80 Å². The van der Waals surface area contributed by atoms with Crippen LogP contribution in [-0.4, -0.2) is 98.6 Å². The summed E-state index contributed by atoms with van der Waals surface area (Å²) in [5.74, 6) is 0.0177. The Hall–Kier alpha value is -2.65. The van der Waals surface area contributed by atoms with Crippen LogP contribution in [0.15, 0.2) is 17.4 Å². The molecule has 0 aliphatic carbocycles. The molecular formula is C25H36FN11O8P2S2. The van der Waals surface area contributed by atoms with Gasteiger partial charge in [-0.3, -0.25) is 18.9 Å². The minimum Gasteiger partial charge on any atom is -0.371 e. The molecule has 1 unspecified atom stereocenters. The van der Waals surface area contributed by atoms with E-state index < -0.39 is 55.8 Å². The Morgan fingerprint density at radius 3 is 2.73 bits per heavy atom. The SMILES string of the molecule is CC[C@]1(CCCP(O)(O)=S)O[C@@H](n2cnc3c(NC)ncnc32)C[C@@H]1COP(=O)(S)OC[C@H]1O[C@@H](n2nnc3c(=O)[nH]c(N)nc32)C[C@H]1F. The zero-order valence-electron chi connectivity index (χ0n) is 26.3. The highest BCUT2D eigenvalue weighted by molar-refractivity contribution is 8.44. The quantitative estimate of drug-likeness (QED) is 0.0797. The van der Waals surface area contributed by atoms with E-state index in [2.05, 4.69) is 52.8 Å². The van der Waals surface area contributed by atoms with Crippen LogP contribution in [0.4, 0.5) is 16.2 Å². The predicted octanol–water partition coefficient (Wildman–Crippen LogP) is 2.43. The summed E-state index contributed by atoms with van der Waals surface area (Å²) >= 11 is 8.98. The van der Waals surface area contributed by atoms with Crippen LogP contribution in [0.3, 0.4) is 0 Å². The number of thiol groups is 1. The van der Waals surface area contributed by atoms with Gasteiger partial charge in [-0.1, -0.05) is 24.4 Å². The van der Waals surface area contributed by atoms with Crippen molar-refractivity contribution in [2.45, 2.75) is 69.4 Å². The fraction of sp³-hybridized carbons (Fsp3) is 0.640. The molecule has 0 bridgehead atoms. The molecule has 0 aromatic carbocycles. The fourth-order valence-corrected chi connectivity index (χ4v) is 8.47. The lowest BCUT2D eigenvalue weighted by Crippen LogP contribution is -2.37. The number of nitrogen functional groups attached to an aromatic ring is 1. The average molecular weight is 764 g/mol. The first-order valence-corrected chi connectivity index (χ1v) is 20.9. The van der Waals surface area contributed by atoms with E-state index in [0.717, 1.165) is 4.68 Å². The normalized spacial score (nSPS) is 27.3. The lowest BCUT2D eigenvalue weighted by atomic mass is 9.82. The summed E-state index contributed by atoms with van der Waals surface area (Å²) in [6, 6.07) is 0. The van der Waals surface area contributed by atoms with Gasteiger partial charge in [0.1, 0.15) is 30.3 Å². The molecule has 2 fully saturated rings. The molecule has 49 heavy (non-hydrogen) atoms. The average Bonchev–Trinajstić information content (AvgIpc) is 3.82. The lowest BCUT2D eigenvalue weighted by molar-refractivity contribution is -0.0956. The summed E-state index contributed by atoms with van der Waals surface area (Å²) in [6.07, 6.45) is 0.298. The van der Waals surface area contributed by atoms with Crippen molar-refractivity contribution in [1.82, 2.24) is 44.5 Å². The van der Waals surface area contributed by atoms with E-state index in [4.69, 9.17) is 36.1 Å². The molecule has 4 aromatic rings. The molecule has 6 rings (SSSR count). The van der Waals surface area contributed by atoms with Gasteiger partial charge in [0, 0.05) is 32.0 Å². The lowest BCUT2D eigenvalue weighted by Gasteiger charge is -2.34. The topological polar surface area (TPSA) is 253 Å². The van der Waals surface area contributed by atoms with Crippen LogP contribution in [0.1, 0.15) is 51.5 Å². The highest BCUT2D eigenvalue weighted by atomic mass is 32.7. The van der Waals surface area contributed by atoms with Gasteiger partial charge in [0.15, 0.2) is 35.3 Å². The summed E-state index contributed by atoms with van der Waals surface area (Å²) < 4.78 is 55.1. The van der Waals surface area contributed by atoms with Gasteiger partial charge < -0.3 is 34.8 Å². The van der Waals surface area contributed by atoms with Gasteiger partial charge in [-0.25, -0.2) is 23.9 Å². The van der Waals surface area contributed by atoms with Crippen molar-refractivity contribution in [3.8, 4) is 0 Å². The van der Waals surface area contributed by atoms with Gasteiger partial charge in [0.25, 0.3) is 5.56 Å². The maximum atomic E-state index is 15.1. The highest BCUT2D eigenvalue weighted by Crippen LogP contribution is 2.56. The molecule has 2 aliphatic rings. The number of halogens is 1. The van der Waals surface area contributed by atoms with Crippen LogP contribution in [0.2, 0.25) is 0 Å². The minimum atomic E-state index is -4.06. The second-order valence-corrected chi connectivity index (χ2v) is 18.3. The molecule has 6 N–H and O–H groups in total. The van der Waals surface area contributed by atoms with Crippen molar-refractivity contribution < 1.29 is 37.3 Å². The smallest absolute Gasteiger partial charge is 0.371 e. The van der Waals surface area contributed by atoms with E-state index >= 15 is 4.39 Å². The molecule has 268 valence electrons. The van der Waals surface area contributed by atoms with Crippen molar-refractivity contribution in [1.29, 1.82) is 0 Å². The number of nitrogens with one attached hydrogen (secondary N) is 2. The third-order valence-corrected chi connectivity index (χ3v) is 11.9. The van der Waals surface area contributed by atoms with Crippen molar-refractivity contribution in [2.75, 3.05) is 37.5 Å². The van der Waals surface area contributed by atoms with Crippen LogP contribution in [0.25, 0.3) is 22.3 Å². The Morgan fingerprint density at radius 2 is 2.00 bits per heavy atom. The molecule has 6 heterocycles. The molecular weight excluding hydrogens is 727 g/mol. The second kappa shape index (κ2) is 14.2. The van der Waals surface area contributed by atoms with Crippen molar-refractivity contribution in [2.24, 2.45) is 5.92 Å². The number of aromatic nitrogens is 9. The maximum Gasteiger partial charge on any atom is 0.386 e. The molecule has 2 aliphatic heterocycles. The molecule has 19 nitrogen and oxygen atoms in total. The standard InChI is InChI=1S/C25H36FN11O8P2S2/c1-3-25(5-4-6-46(39,40)48)13(7-16(45-25)36-12-31-18-20(28-2)29-11-30-21(18)36)9-42-47(41,49)43-10-15-14(26)8-17(44-15)37-22-19(34-35-37)23(38)33-24(27)32-22/h11-17H,3-10H2,1-2H3,(H,41,49)(H,28,29,30)(H2,39,40,48)(H3,27,32,33,38)/t13-,14-,15-,16-,17-,25-,47?/m1/s1. The highest BCUT2D eigenvalue weighted by Gasteiger charge is 2.49. The number of alkyl halides is 1. The van der Waals surface area contributed by atoms with Crippen LogP contribution in [0.5, 0.6) is 0 Å². The number of hydrogen-bond donors (Lipinski definition) is 6. The molecule has 4 aromatic heterocycles. The summed E-state index contributed by atoms with van der Waals surface area (Å²) in [6.45, 7) is -6.14. The summed E-state index contributed by atoms with van der Waals surface area (Å²) in [7, 11) is 1.73. The number of rotatable bonds is 14. The first-order chi connectivity index (χ1) is 23.2. The van der Waals surface area contributed by atoms with Crippen molar-refractivity contribution in [3.05, 3.63) is 23.0 Å². The predicted molar refractivity (Wildman–Crippen MR) is 181 cm³/mol. The van der Waals surface area contributed by atoms with Crippen LogP contribution < -0.4 is 16.6 Å². The van der Waals surface area contributed by atoms with E-state index in [1.165, 1.54) is 6.33 Å². The Labute approximate surface area is 288 Å². The van der Waals surface area contributed by atoms with Gasteiger partial charge in [0.05, 0.1) is 25.1 Å². The molecule has 0 spiro atoms. The van der Waals surface area contributed by atoms with Crippen molar-refractivity contribution in [3.63, 3.8) is 0 Å². The van der Waals surface area contributed by atoms with E-state index in [0.29, 0.717) is 42.7 Å². The third-order valence-electron chi connectivity index (χ3n) is 8.78. The number of hydrogen-bond acceptors (Lipinski definition) is 15. The number of nitrogens with zero attached hydrogens (tertiary/aromatic N) is 8. The van der Waals surface area contributed by atoms with E-state index in [9.17, 15) is 19.1 Å². The molecule has 2 saturated heterocycles. The Bertz CT molecular complexity index is 1980. The summed E-state index contributed by atoms with van der Waals surface area (Å²) in [5.41, 5.74) is 5.23. The van der Waals surface area contributed by atoms with Gasteiger partial charge in [-0.15, -0.1) is 5.10 Å². The van der Waals surface area contributed by atoms with Gasteiger partial charge in [0.2, 0.25) is 5.95 Å². The number of fused-ring (bicyclic) bond motifs is 2. The largest absolute Gasteiger partial charge is 0.386 e. The monoisotopic (exact) mass is 763 g/mol. The maximum absolute atomic E-state index is 15.1. The van der Waals surface area contributed by atoms with Crippen LogP contribution >= 0.6 is 25.5 Å². The molecule has 7 atom stereocenters. The number of nitrogens with two attached hydrogens (primary N) is 1. The molecule has 0 radical (unpaired) electrons.